The van der Waals surface area contributed by atoms with E-state index in [1.165, 1.54) is 0 Å². The standard InChI is InChI=1S/C9H8N6O/c10-7-8(15-16-14-7)13-9-11-5-3-1-2-4-6(5)12-9/h1-4H,(H2,10,14)(H2,11,12,13,15). The van der Waals surface area contributed by atoms with Gasteiger partial charge in [-0.15, -0.1) is 0 Å². The number of nitrogens with two attached hydrogens (primary N) is 1. The molecule has 0 unspecified atom stereocenters. The number of benzene rings is 1. The highest BCUT2D eigenvalue weighted by atomic mass is 16.6. The fourth-order valence-corrected chi connectivity index (χ4v) is 1.41. The topological polar surface area (TPSA) is 106 Å². The van der Waals surface area contributed by atoms with Crippen LogP contribution in [0.25, 0.3) is 11.0 Å². The van der Waals surface area contributed by atoms with Crippen LogP contribution in [-0.2, 0) is 0 Å². The first-order valence-electron chi connectivity index (χ1n) is 4.63. The van der Waals surface area contributed by atoms with Crippen LogP contribution in [0.4, 0.5) is 17.6 Å². The molecule has 0 fully saturated rings. The number of hydrogen-bond donors (Lipinski definition) is 3. The molecular weight excluding hydrogens is 208 g/mol. The number of imidazole rings is 1. The van der Waals surface area contributed by atoms with Crippen molar-refractivity contribution in [1.82, 2.24) is 20.3 Å². The van der Waals surface area contributed by atoms with E-state index in [0.717, 1.165) is 11.0 Å². The summed E-state index contributed by atoms with van der Waals surface area (Å²) in [4.78, 5) is 7.37. The minimum atomic E-state index is 0.195. The average molecular weight is 216 g/mol. The predicted octanol–water partition coefficient (Wildman–Crippen LogP) is 1.27. The summed E-state index contributed by atoms with van der Waals surface area (Å²) >= 11 is 0. The first kappa shape index (κ1) is 8.72. The Morgan fingerprint density at radius 1 is 1.25 bits per heavy atom. The molecule has 7 heteroatoms. The second-order valence-electron chi connectivity index (χ2n) is 3.23. The lowest BCUT2D eigenvalue weighted by molar-refractivity contribution is 0.310. The smallest absolute Gasteiger partial charge is 0.221 e. The first-order chi connectivity index (χ1) is 7.83. The third kappa shape index (κ3) is 1.34. The number of para-hydroxylation sites is 2. The van der Waals surface area contributed by atoms with Crippen LogP contribution in [-0.4, -0.2) is 20.3 Å². The summed E-state index contributed by atoms with van der Waals surface area (Å²) in [6.45, 7) is 0. The van der Waals surface area contributed by atoms with E-state index >= 15 is 0 Å². The molecule has 80 valence electrons. The van der Waals surface area contributed by atoms with Crippen molar-refractivity contribution >= 4 is 28.6 Å². The molecule has 7 nitrogen and oxygen atoms in total. The molecule has 0 aliphatic rings. The Kier molecular flexibility index (Phi) is 1.76. The van der Waals surface area contributed by atoms with Crippen molar-refractivity contribution in [2.24, 2.45) is 0 Å². The number of nitrogen functional groups attached to an aromatic ring is 1. The number of nitrogens with one attached hydrogen (secondary N) is 2. The molecule has 0 atom stereocenters. The molecule has 0 aliphatic carbocycles. The van der Waals surface area contributed by atoms with Gasteiger partial charge in [-0.1, -0.05) is 12.1 Å². The van der Waals surface area contributed by atoms with Crippen LogP contribution in [0.2, 0.25) is 0 Å². The molecule has 1 aromatic carbocycles. The highest BCUT2D eigenvalue weighted by molar-refractivity contribution is 5.78. The van der Waals surface area contributed by atoms with E-state index in [9.17, 15) is 0 Å². The Morgan fingerprint density at radius 3 is 2.88 bits per heavy atom. The molecule has 0 radical (unpaired) electrons. The third-order valence-electron chi connectivity index (χ3n) is 2.14. The van der Waals surface area contributed by atoms with Gasteiger partial charge in [0.2, 0.25) is 17.6 Å². The summed E-state index contributed by atoms with van der Waals surface area (Å²) in [5.74, 6) is 1.09. The van der Waals surface area contributed by atoms with Crippen LogP contribution in [0.1, 0.15) is 0 Å². The van der Waals surface area contributed by atoms with Crippen LogP contribution < -0.4 is 11.1 Å². The number of aromatic amines is 1. The van der Waals surface area contributed by atoms with Gasteiger partial charge in [0.15, 0.2) is 0 Å². The van der Waals surface area contributed by atoms with Gasteiger partial charge in [0.05, 0.1) is 11.0 Å². The molecule has 16 heavy (non-hydrogen) atoms. The van der Waals surface area contributed by atoms with Gasteiger partial charge in [-0.2, -0.15) is 0 Å². The second kappa shape index (κ2) is 3.23. The Balaban J connectivity index is 1.98. The zero-order valence-corrected chi connectivity index (χ0v) is 8.14. The molecule has 0 spiro atoms. The van der Waals surface area contributed by atoms with E-state index in [-0.39, 0.29) is 5.82 Å². The Morgan fingerprint density at radius 2 is 2.12 bits per heavy atom. The molecule has 2 heterocycles. The van der Waals surface area contributed by atoms with Gasteiger partial charge >= 0.3 is 0 Å². The second-order valence-corrected chi connectivity index (χ2v) is 3.23. The van der Waals surface area contributed by atoms with E-state index in [1.54, 1.807) is 0 Å². The fourth-order valence-electron chi connectivity index (χ4n) is 1.41. The number of anilines is 3. The monoisotopic (exact) mass is 216 g/mol. The minimum absolute atomic E-state index is 0.195. The number of hydrogen-bond acceptors (Lipinski definition) is 6. The number of rotatable bonds is 2. The van der Waals surface area contributed by atoms with E-state index in [0.29, 0.717) is 11.8 Å². The van der Waals surface area contributed by atoms with Crippen LogP contribution in [0, 0.1) is 0 Å². The first-order valence-corrected chi connectivity index (χ1v) is 4.63. The van der Waals surface area contributed by atoms with Gasteiger partial charge in [0.25, 0.3) is 0 Å². The van der Waals surface area contributed by atoms with Gasteiger partial charge in [0, 0.05) is 0 Å². The van der Waals surface area contributed by atoms with Gasteiger partial charge in [-0.05, 0) is 22.4 Å². The molecule has 4 N–H and O–H groups in total. The Labute approximate surface area is 89.6 Å². The molecule has 0 saturated heterocycles. The zero-order valence-electron chi connectivity index (χ0n) is 8.14. The maximum absolute atomic E-state index is 5.51. The maximum atomic E-state index is 5.51. The van der Waals surface area contributed by atoms with Crippen molar-refractivity contribution in [1.29, 1.82) is 0 Å². The number of H-pyrrole nitrogens is 1. The lowest BCUT2D eigenvalue weighted by Gasteiger charge is -1.94. The number of fused-ring (bicyclic) bond motifs is 1. The summed E-state index contributed by atoms with van der Waals surface area (Å²) in [5.41, 5.74) is 7.30. The lowest BCUT2D eigenvalue weighted by Crippen LogP contribution is -1.96. The van der Waals surface area contributed by atoms with Crippen molar-refractivity contribution in [2.45, 2.75) is 0 Å². The van der Waals surface area contributed by atoms with Crippen molar-refractivity contribution in [3.63, 3.8) is 0 Å². The van der Waals surface area contributed by atoms with E-state index in [4.69, 9.17) is 5.73 Å². The largest absolute Gasteiger partial charge is 0.378 e. The number of aromatic nitrogens is 4. The Bertz CT molecular complexity index is 595. The fraction of sp³-hybridized carbons (Fsp3) is 0. The molecule has 0 aliphatic heterocycles. The van der Waals surface area contributed by atoms with Crippen LogP contribution in [0.5, 0.6) is 0 Å². The summed E-state index contributed by atoms with van der Waals surface area (Å²) in [7, 11) is 0. The molecule has 0 amide bonds. The number of nitrogens with zero attached hydrogens (tertiary/aromatic N) is 3. The van der Waals surface area contributed by atoms with Gasteiger partial charge in [-0.3, -0.25) is 0 Å². The summed E-state index contributed by atoms with van der Waals surface area (Å²) in [6.07, 6.45) is 0. The van der Waals surface area contributed by atoms with Gasteiger partial charge in [-0.25, -0.2) is 9.61 Å². The van der Waals surface area contributed by atoms with Crippen molar-refractivity contribution in [3.05, 3.63) is 24.3 Å². The molecule has 0 saturated carbocycles. The zero-order chi connectivity index (χ0) is 11.0. The quantitative estimate of drug-likeness (QED) is 0.595. The summed E-state index contributed by atoms with van der Waals surface area (Å²) in [5, 5.41) is 9.94. The lowest BCUT2D eigenvalue weighted by atomic mass is 10.3. The van der Waals surface area contributed by atoms with Crippen LogP contribution >= 0.6 is 0 Å². The van der Waals surface area contributed by atoms with E-state index < -0.39 is 0 Å². The molecule has 3 rings (SSSR count). The van der Waals surface area contributed by atoms with E-state index in [1.807, 2.05) is 24.3 Å². The van der Waals surface area contributed by atoms with Crippen molar-refractivity contribution in [2.75, 3.05) is 11.1 Å². The van der Waals surface area contributed by atoms with Gasteiger partial charge in [0.1, 0.15) is 0 Å². The van der Waals surface area contributed by atoms with Crippen molar-refractivity contribution in [3.8, 4) is 0 Å². The highest BCUT2D eigenvalue weighted by Gasteiger charge is 2.08. The highest BCUT2D eigenvalue weighted by Crippen LogP contribution is 2.19. The SMILES string of the molecule is Nc1nonc1Nc1nc2ccccc2[nH]1. The predicted molar refractivity (Wildman–Crippen MR) is 58.1 cm³/mol. The van der Waals surface area contributed by atoms with Gasteiger partial charge < -0.3 is 16.0 Å². The summed E-state index contributed by atoms with van der Waals surface area (Å²) in [6, 6.07) is 7.68. The molecule has 2 aromatic heterocycles. The Hall–Kier alpha value is -2.57. The third-order valence-corrected chi connectivity index (χ3v) is 2.14. The molecular formula is C9H8N6O. The normalized spacial score (nSPS) is 10.8. The minimum Gasteiger partial charge on any atom is -0.378 e. The summed E-state index contributed by atoms with van der Waals surface area (Å²) < 4.78 is 4.46. The van der Waals surface area contributed by atoms with Crippen LogP contribution in [0.15, 0.2) is 28.9 Å². The van der Waals surface area contributed by atoms with E-state index in [2.05, 4.69) is 30.2 Å². The average Bonchev–Trinajstić information content (AvgIpc) is 2.85. The van der Waals surface area contributed by atoms with Crippen molar-refractivity contribution < 1.29 is 4.63 Å². The van der Waals surface area contributed by atoms with Crippen LogP contribution in [0.3, 0.4) is 0 Å². The maximum Gasteiger partial charge on any atom is 0.221 e. The molecule has 0 bridgehead atoms. The molecule has 3 aromatic rings.